The van der Waals surface area contributed by atoms with Crippen LogP contribution in [0, 0.1) is 11.3 Å². The lowest BCUT2D eigenvalue weighted by Gasteiger charge is -2.30. The molecule has 0 aromatic carbocycles. The molecule has 1 aliphatic rings. The van der Waals surface area contributed by atoms with Crippen molar-refractivity contribution in [1.82, 2.24) is 5.32 Å². The molecule has 1 saturated heterocycles. The van der Waals surface area contributed by atoms with Gasteiger partial charge in [0.25, 0.3) is 0 Å². The number of nitrogens with one attached hydrogen (secondary N) is 1. The van der Waals surface area contributed by atoms with Crippen LogP contribution in [0.2, 0.25) is 0 Å². The van der Waals surface area contributed by atoms with Gasteiger partial charge in [0.15, 0.2) is 5.78 Å². The molecule has 3 nitrogen and oxygen atoms in total. The van der Waals surface area contributed by atoms with E-state index in [4.69, 9.17) is 4.74 Å². The van der Waals surface area contributed by atoms with Gasteiger partial charge in [-0.05, 0) is 18.9 Å². The van der Waals surface area contributed by atoms with E-state index in [9.17, 15) is 4.79 Å². The Kier molecular flexibility index (Phi) is 3.45. The van der Waals surface area contributed by atoms with E-state index in [2.05, 4.69) is 19.2 Å². The molecule has 0 aromatic rings. The third-order valence-electron chi connectivity index (χ3n) is 3.12. The second-order valence-electron chi connectivity index (χ2n) is 4.09. The molecule has 1 aliphatic heterocycles. The fraction of sp³-hybridized carbons (Fsp3) is 0.900. The van der Waals surface area contributed by atoms with E-state index in [1.807, 2.05) is 0 Å². The summed E-state index contributed by atoms with van der Waals surface area (Å²) < 4.78 is 4.91. The van der Waals surface area contributed by atoms with Crippen molar-refractivity contribution in [2.24, 2.45) is 11.3 Å². The Labute approximate surface area is 79.8 Å². The molecule has 1 fully saturated rings. The largest absolute Gasteiger partial charge is 0.377 e. The van der Waals surface area contributed by atoms with Gasteiger partial charge in [-0.3, -0.25) is 4.79 Å². The molecule has 0 spiro atoms. The van der Waals surface area contributed by atoms with Gasteiger partial charge in [0.05, 0.1) is 0 Å². The molecule has 1 N–H and O–H groups in total. The molecule has 3 heteroatoms. The zero-order valence-electron chi connectivity index (χ0n) is 8.72. The van der Waals surface area contributed by atoms with Crippen molar-refractivity contribution in [3.05, 3.63) is 0 Å². The summed E-state index contributed by atoms with van der Waals surface area (Å²) in [6, 6.07) is 0. The highest BCUT2D eigenvalue weighted by molar-refractivity contribution is 5.86. The molecule has 0 aliphatic carbocycles. The second kappa shape index (κ2) is 4.20. The Morgan fingerprint density at radius 1 is 1.62 bits per heavy atom. The molecular weight excluding hydrogens is 166 g/mol. The van der Waals surface area contributed by atoms with E-state index in [-0.39, 0.29) is 17.8 Å². The lowest BCUT2D eigenvalue weighted by molar-refractivity contribution is -0.134. The molecule has 1 rings (SSSR count). The highest BCUT2D eigenvalue weighted by atomic mass is 16.5. The van der Waals surface area contributed by atoms with Crippen molar-refractivity contribution in [2.45, 2.75) is 20.3 Å². The van der Waals surface area contributed by atoms with Crippen molar-refractivity contribution < 1.29 is 9.53 Å². The summed E-state index contributed by atoms with van der Waals surface area (Å²) in [4.78, 5) is 11.8. The van der Waals surface area contributed by atoms with Gasteiger partial charge >= 0.3 is 0 Å². The van der Waals surface area contributed by atoms with Crippen LogP contribution in [-0.4, -0.2) is 32.6 Å². The first kappa shape index (κ1) is 10.7. The van der Waals surface area contributed by atoms with Crippen molar-refractivity contribution in [3.8, 4) is 0 Å². The molecule has 13 heavy (non-hydrogen) atoms. The maximum atomic E-state index is 11.8. The fourth-order valence-corrected chi connectivity index (χ4v) is 2.04. The monoisotopic (exact) mass is 185 g/mol. The highest BCUT2D eigenvalue weighted by Gasteiger charge is 2.43. The number of carbonyl (C=O) groups excluding carboxylic acids is 1. The lowest BCUT2D eigenvalue weighted by atomic mass is 9.73. The summed E-state index contributed by atoms with van der Waals surface area (Å²) in [6.45, 7) is 6.24. The van der Waals surface area contributed by atoms with Crippen LogP contribution >= 0.6 is 0 Å². The number of ketones is 1. The molecule has 1 heterocycles. The number of carbonyl (C=O) groups is 1. The van der Waals surface area contributed by atoms with Crippen LogP contribution < -0.4 is 5.32 Å². The molecule has 1 atom stereocenters. The third kappa shape index (κ3) is 1.92. The summed E-state index contributed by atoms with van der Waals surface area (Å²) in [6.07, 6.45) is 0.951. The van der Waals surface area contributed by atoms with E-state index in [1.54, 1.807) is 7.11 Å². The zero-order valence-corrected chi connectivity index (χ0v) is 8.72. The Balaban J connectivity index is 2.72. The van der Waals surface area contributed by atoms with Crippen LogP contribution in [0.15, 0.2) is 0 Å². The van der Waals surface area contributed by atoms with Crippen molar-refractivity contribution in [3.63, 3.8) is 0 Å². The predicted molar refractivity (Wildman–Crippen MR) is 51.6 cm³/mol. The van der Waals surface area contributed by atoms with Crippen LogP contribution in [0.1, 0.15) is 20.3 Å². The van der Waals surface area contributed by atoms with Crippen molar-refractivity contribution >= 4 is 5.78 Å². The molecule has 0 bridgehead atoms. The van der Waals surface area contributed by atoms with Crippen LogP contribution in [-0.2, 0) is 9.53 Å². The zero-order chi connectivity index (χ0) is 9.90. The van der Waals surface area contributed by atoms with Crippen molar-refractivity contribution in [1.29, 1.82) is 0 Å². The van der Waals surface area contributed by atoms with Crippen LogP contribution in [0.4, 0.5) is 0 Å². The molecule has 0 radical (unpaired) electrons. The summed E-state index contributed by atoms with van der Waals surface area (Å²) >= 11 is 0. The minimum atomic E-state index is -0.171. The first-order valence-corrected chi connectivity index (χ1v) is 4.86. The van der Waals surface area contributed by atoms with Gasteiger partial charge in [0.2, 0.25) is 0 Å². The number of ether oxygens (including phenoxy) is 1. The summed E-state index contributed by atoms with van der Waals surface area (Å²) in [5.41, 5.74) is -0.171. The van der Waals surface area contributed by atoms with E-state index in [0.29, 0.717) is 5.92 Å². The maximum Gasteiger partial charge on any atom is 0.166 e. The van der Waals surface area contributed by atoms with Crippen LogP contribution in [0.25, 0.3) is 0 Å². The summed E-state index contributed by atoms with van der Waals surface area (Å²) in [7, 11) is 1.58. The molecule has 1 unspecified atom stereocenters. The SMILES string of the molecule is COCC(=O)C1(C(C)C)CCNC1. The number of hydrogen-bond acceptors (Lipinski definition) is 3. The smallest absolute Gasteiger partial charge is 0.166 e. The van der Waals surface area contributed by atoms with Gasteiger partial charge in [-0.15, -0.1) is 0 Å². The van der Waals surface area contributed by atoms with E-state index >= 15 is 0 Å². The van der Waals surface area contributed by atoms with E-state index in [0.717, 1.165) is 19.5 Å². The van der Waals surface area contributed by atoms with Crippen LogP contribution in [0.5, 0.6) is 0 Å². The molecule has 0 aromatic heterocycles. The molecule has 0 amide bonds. The van der Waals surface area contributed by atoms with Crippen LogP contribution in [0.3, 0.4) is 0 Å². The topological polar surface area (TPSA) is 38.3 Å². The summed E-state index contributed by atoms with van der Waals surface area (Å²) in [5.74, 6) is 0.639. The minimum absolute atomic E-state index is 0.171. The molecule has 0 saturated carbocycles. The fourth-order valence-electron chi connectivity index (χ4n) is 2.04. The second-order valence-corrected chi connectivity index (χ2v) is 4.09. The summed E-state index contributed by atoms with van der Waals surface area (Å²) in [5, 5.41) is 3.26. The average Bonchev–Trinajstić information content (AvgIpc) is 2.53. The third-order valence-corrected chi connectivity index (χ3v) is 3.12. The quantitative estimate of drug-likeness (QED) is 0.705. The molecule has 76 valence electrons. The lowest BCUT2D eigenvalue weighted by Crippen LogP contribution is -2.40. The van der Waals surface area contributed by atoms with Gasteiger partial charge in [-0.2, -0.15) is 0 Å². The number of rotatable bonds is 4. The van der Waals surface area contributed by atoms with Gasteiger partial charge < -0.3 is 10.1 Å². The minimum Gasteiger partial charge on any atom is -0.377 e. The van der Waals surface area contributed by atoms with Gasteiger partial charge in [-0.1, -0.05) is 13.8 Å². The van der Waals surface area contributed by atoms with Crippen molar-refractivity contribution in [2.75, 3.05) is 26.8 Å². The first-order valence-electron chi connectivity index (χ1n) is 4.86. The van der Waals surface area contributed by atoms with Gasteiger partial charge in [0.1, 0.15) is 6.61 Å². The highest BCUT2D eigenvalue weighted by Crippen LogP contribution is 2.35. The van der Waals surface area contributed by atoms with E-state index < -0.39 is 0 Å². The normalized spacial score (nSPS) is 28.3. The number of methoxy groups -OCH3 is 1. The number of Topliss-reactive ketones (excluding diaryl/α,β-unsaturated/α-hetero) is 1. The Bertz CT molecular complexity index is 183. The van der Waals surface area contributed by atoms with Gasteiger partial charge in [0, 0.05) is 19.1 Å². The maximum absolute atomic E-state index is 11.8. The molecular formula is C10H19NO2. The standard InChI is InChI=1S/C10H19NO2/c1-8(2)10(4-5-11-7-10)9(12)6-13-3/h8,11H,4-7H2,1-3H3. The number of hydrogen-bond donors (Lipinski definition) is 1. The Morgan fingerprint density at radius 2 is 2.31 bits per heavy atom. The van der Waals surface area contributed by atoms with Gasteiger partial charge in [-0.25, -0.2) is 0 Å². The van der Waals surface area contributed by atoms with E-state index in [1.165, 1.54) is 0 Å². The average molecular weight is 185 g/mol. The predicted octanol–water partition coefficient (Wildman–Crippen LogP) is 0.838. The Hall–Kier alpha value is -0.410. The Morgan fingerprint density at radius 3 is 2.69 bits per heavy atom. The first-order chi connectivity index (χ1) is 6.13.